The quantitative estimate of drug-likeness (QED) is 0.860. The normalized spacial score (nSPS) is 14.1. The number of rotatable bonds is 5. The van der Waals surface area contributed by atoms with Crippen LogP contribution >= 0.6 is 11.8 Å². The molecule has 0 aromatic carbocycles. The minimum atomic E-state index is -0.0647. The molecule has 16 heavy (non-hydrogen) atoms. The minimum Gasteiger partial charge on any atom is -0.396 e. The second-order valence-electron chi connectivity index (χ2n) is 5.06. The highest BCUT2D eigenvalue weighted by Gasteiger charge is 2.20. The van der Waals surface area contributed by atoms with Gasteiger partial charge in [-0.05, 0) is 11.7 Å². The first-order valence-corrected chi connectivity index (χ1v) is 6.60. The van der Waals surface area contributed by atoms with Crippen molar-refractivity contribution in [1.29, 1.82) is 0 Å². The van der Waals surface area contributed by atoms with Gasteiger partial charge >= 0.3 is 0 Å². The lowest BCUT2D eigenvalue weighted by Gasteiger charge is -2.10. The third-order valence-corrected chi connectivity index (χ3v) is 3.33. The first kappa shape index (κ1) is 13.5. The van der Waals surface area contributed by atoms with E-state index in [4.69, 9.17) is 9.63 Å². The summed E-state index contributed by atoms with van der Waals surface area (Å²) >= 11 is 1.71. The van der Waals surface area contributed by atoms with Crippen LogP contribution in [0, 0.1) is 5.92 Å². The Hall–Kier alpha value is -0.550. The maximum absolute atomic E-state index is 8.88. The summed E-state index contributed by atoms with van der Waals surface area (Å²) in [6.45, 7) is 8.42. The second-order valence-corrected chi connectivity index (χ2v) is 6.09. The number of hydrogen-bond acceptors (Lipinski definition) is 5. The lowest BCUT2D eigenvalue weighted by molar-refractivity contribution is 0.250. The summed E-state index contributed by atoms with van der Waals surface area (Å²) in [5, 5.41) is 12.8. The van der Waals surface area contributed by atoms with Gasteiger partial charge in [0.1, 0.15) is 0 Å². The molecule has 0 fully saturated rings. The van der Waals surface area contributed by atoms with E-state index in [1.54, 1.807) is 11.8 Å². The Morgan fingerprint density at radius 2 is 2.12 bits per heavy atom. The summed E-state index contributed by atoms with van der Waals surface area (Å²) in [6, 6.07) is 0. The number of hydrogen-bond donors (Lipinski definition) is 1. The number of aliphatic hydroxyl groups is 1. The van der Waals surface area contributed by atoms with Crippen molar-refractivity contribution < 1.29 is 9.63 Å². The Labute approximate surface area is 101 Å². The van der Waals surface area contributed by atoms with Gasteiger partial charge in [0.2, 0.25) is 5.89 Å². The van der Waals surface area contributed by atoms with E-state index in [0.717, 1.165) is 11.6 Å². The van der Waals surface area contributed by atoms with Crippen LogP contribution in [-0.4, -0.2) is 27.6 Å². The SMILES string of the molecule is CC(CO)CSCc1nc(C(C)(C)C)no1. The van der Waals surface area contributed by atoms with E-state index in [2.05, 4.69) is 30.9 Å². The van der Waals surface area contributed by atoms with Crippen molar-refractivity contribution in [3.05, 3.63) is 11.7 Å². The Morgan fingerprint density at radius 3 is 2.62 bits per heavy atom. The van der Waals surface area contributed by atoms with Crippen LogP contribution in [-0.2, 0) is 11.2 Å². The zero-order chi connectivity index (χ0) is 12.2. The molecule has 0 saturated carbocycles. The fourth-order valence-corrected chi connectivity index (χ4v) is 1.94. The van der Waals surface area contributed by atoms with E-state index in [9.17, 15) is 0 Å². The van der Waals surface area contributed by atoms with Crippen LogP contribution < -0.4 is 0 Å². The Bertz CT molecular complexity index is 320. The molecule has 4 nitrogen and oxygen atoms in total. The Morgan fingerprint density at radius 1 is 1.44 bits per heavy atom. The second kappa shape index (κ2) is 5.68. The number of nitrogens with zero attached hydrogens (tertiary/aromatic N) is 2. The van der Waals surface area contributed by atoms with Crippen LogP contribution in [0.2, 0.25) is 0 Å². The standard InChI is InChI=1S/C11H20N2O2S/c1-8(5-14)6-16-7-9-12-10(13-15-9)11(2,3)4/h8,14H,5-7H2,1-4H3. The average Bonchev–Trinajstić information content (AvgIpc) is 2.65. The maximum Gasteiger partial charge on any atom is 0.236 e. The van der Waals surface area contributed by atoms with Gasteiger partial charge in [0.05, 0.1) is 5.75 Å². The third-order valence-electron chi connectivity index (χ3n) is 2.08. The summed E-state index contributed by atoms with van der Waals surface area (Å²) < 4.78 is 5.16. The van der Waals surface area contributed by atoms with E-state index in [-0.39, 0.29) is 12.0 Å². The minimum absolute atomic E-state index is 0.0647. The molecule has 0 aliphatic rings. The molecule has 1 unspecified atom stereocenters. The van der Waals surface area contributed by atoms with Gasteiger partial charge < -0.3 is 9.63 Å². The molecule has 1 aromatic heterocycles. The highest BCUT2D eigenvalue weighted by molar-refractivity contribution is 7.98. The first-order valence-electron chi connectivity index (χ1n) is 5.45. The molecule has 1 rings (SSSR count). The molecular formula is C11H20N2O2S. The van der Waals surface area contributed by atoms with Gasteiger partial charge in [-0.3, -0.25) is 0 Å². The molecule has 0 saturated heterocycles. The van der Waals surface area contributed by atoms with Crippen molar-refractivity contribution >= 4 is 11.8 Å². The van der Waals surface area contributed by atoms with Gasteiger partial charge in [0, 0.05) is 12.0 Å². The molecule has 0 aliphatic carbocycles. The van der Waals surface area contributed by atoms with Crippen LogP contribution in [0.5, 0.6) is 0 Å². The zero-order valence-corrected chi connectivity index (χ0v) is 11.2. The van der Waals surface area contributed by atoms with E-state index < -0.39 is 0 Å². The van der Waals surface area contributed by atoms with Crippen LogP contribution in [0.4, 0.5) is 0 Å². The van der Waals surface area contributed by atoms with E-state index >= 15 is 0 Å². The third kappa shape index (κ3) is 4.14. The largest absolute Gasteiger partial charge is 0.396 e. The molecule has 0 bridgehead atoms. The van der Waals surface area contributed by atoms with Gasteiger partial charge in [-0.2, -0.15) is 16.7 Å². The first-order chi connectivity index (χ1) is 7.43. The van der Waals surface area contributed by atoms with Crippen LogP contribution in [0.1, 0.15) is 39.4 Å². The van der Waals surface area contributed by atoms with Crippen LogP contribution in [0.25, 0.3) is 0 Å². The van der Waals surface area contributed by atoms with Crippen molar-refractivity contribution in [2.45, 2.75) is 38.9 Å². The molecule has 0 radical (unpaired) electrons. The summed E-state index contributed by atoms with van der Waals surface area (Å²) in [4.78, 5) is 4.34. The molecule has 1 heterocycles. The molecule has 5 heteroatoms. The Kier molecular flexibility index (Phi) is 4.80. The van der Waals surface area contributed by atoms with Crippen molar-refractivity contribution in [3.63, 3.8) is 0 Å². The molecule has 1 N–H and O–H groups in total. The van der Waals surface area contributed by atoms with E-state index in [0.29, 0.717) is 17.6 Å². The van der Waals surface area contributed by atoms with Crippen molar-refractivity contribution in [2.24, 2.45) is 5.92 Å². The fraction of sp³-hybridized carbons (Fsp3) is 0.818. The molecule has 0 aliphatic heterocycles. The summed E-state index contributed by atoms with van der Waals surface area (Å²) in [5.74, 6) is 3.35. The fourth-order valence-electron chi connectivity index (χ4n) is 1.02. The smallest absolute Gasteiger partial charge is 0.236 e. The highest BCUT2D eigenvalue weighted by Crippen LogP contribution is 2.20. The zero-order valence-electron chi connectivity index (χ0n) is 10.4. The summed E-state index contributed by atoms with van der Waals surface area (Å²) in [7, 11) is 0. The highest BCUT2D eigenvalue weighted by atomic mass is 32.2. The van der Waals surface area contributed by atoms with Gasteiger partial charge in [-0.25, -0.2) is 0 Å². The topological polar surface area (TPSA) is 59.2 Å². The number of aliphatic hydroxyl groups excluding tert-OH is 1. The van der Waals surface area contributed by atoms with Crippen molar-refractivity contribution in [3.8, 4) is 0 Å². The van der Waals surface area contributed by atoms with E-state index in [1.165, 1.54) is 0 Å². The lowest BCUT2D eigenvalue weighted by Crippen LogP contribution is -2.13. The molecule has 1 atom stereocenters. The van der Waals surface area contributed by atoms with Crippen molar-refractivity contribution in [2.75, 3.05) is 12.4 Å². The Balaban J connectivity index is 2.41. The number of thioether (sulfide) groups is 1. The average molecular weight is 244 g/mol. The molecule has 0 amide bonds. The van der Waals surface area contributed by atoms with E-state index in [1.807, 2.05) is 6.92 Å². The van der Waals surface area contributed by atoms with Crippen LogP contribution in [0.3, 0.4) is 0 Å². The predicted octanol–water partition coefficient (Wildman–Crippen LogP) is 2.23. The van der Waals surface area contributed by atoms with Crippen LogP contribution in [0.15, 0.2) is 4.52 Å². The predicted molar refractivity (Wildman–Crippen MR) is 65.4 cm³/mol. The monoisotopic (exact) mass is 244 g/mol. The molecule has 92 valence electrons. The summed E-state index contributed by atoms with van der Waals surface area (Å²) in [6.07, 6.45) is 0. The number of aromatic nitrogens is 2. The summed E-state index contributed by atoms with van der Waals surface area (Å²) in [5.41, 5.74) is -0.0647. The molecular weight excluding hydrogens is 224 g/mol. The molecule has 1 aromatic rings. The molecule has 0 spiro atoms. The lowest BCUT2D eigenvalue weighted by atomic mass is 9.96. The van der Waals surface area contributed by atoms with Crippen molar-refractivity contribution in [1.82, 2.24) is 10.1 Å². The van der Waals surface area contributed by atoms with Gasteiger partial charge in [0.25, 0.3) is 0 Å². The van der Waals surface area contributed by atoms with Gasteiger partial charge in [-0.1, -0.05) is 32.9 Å². The van der Waals surface area contributed by atoms with Gasteiger partial charge in [-0.15, -0.1) is 0 Å². The van der Waals surface area contributed by atoms with Gasteiger partial charge in [0.15, 0.2) is 5.82 Å². The maximum atomic E-state index is 8.88.